The summed E-state index contributed by atoms with van der Waals surface area (Å²) < 4.78 is 92.5. The number of rotatable bonds is 6. The third kappa shape index (κ3) is 5.91. The fourth-order valence-corrected chi connectivity index (χ4v) is 5.50. The topological polar surface area (TPSA) is 105 Å². The molecule has 1 aromatic carbocycles. The van der Waals surface area contributed by atoms with Crippen molar-refractivity contribution in [1.82, 2.24) is 24.6 Å². The highest BCUT2D eigenvalue weighted by Crippen LogP contribution is 2.30. The highest BCUT2D eigenvalue weighted by Gasteiger charge is 2.44. The standard InChI is InChI=1S/C23H20F5N5O3S/c1-13-31-17(9-19(32-13)14-2-7-21(29-10-14)23(26,27)28)11-30-22(34)20-8-16(25)12-33(20)37(35,36)18-5-3-15(24)4-6-18/h2-7,9-10,16,20H,8,11-12H2,1H3,(H,30,34). The lowest BCUT2D eigenvalue weighted by Crippen LogP contribution is -2.45. The smallest absolute Gasteiger partial charge is 0.349 e. The zero-order valence-corrected chi connectivity index (χ0v) is 20.0. The number of pyridine rings is 1. The Morgan fingerprint density at radius 3 is 2.46 bits per heavy atom. The minimum absolute atomic E-state index is 0.179. The van der Waals surface area contributed by atoms with Crippen LogP contribution in [0, 0.1) is 12.7 Å². The molecule has 2 unspecified atom stereocenters. The van der Waals surface area contributed by atoms with Crippen LogP contribution in [0.25, 0.3) is 11.3 Å². The van der Waals surface area contributed by atoms with Gasteiger partial charge in [-0.15, -0.1) is 0 Å². The summed E-state index contributed by atoms with van der Waals surface area (Å²) in [6.45, 7) is 0.838. The van der Waals surface area contributed by atoms with Crippen LogP contribution >= 0.6 is 0 Å². The summed E-state index contributed by atoms with van der Waals surface area (Å²) in [7, 11) is -4.28. The third-order valence-electron chi connectivity index (χ3n) is 5.61. The highest BCUT2D eigenvalue weighted by atomic mass is 32.2. The van der Waals surface area contributed by atoms with Crippen molar-refractivity contribution in [1.29, 1.82) is 0 Å². The monoisotopic (exact) mass is 541 g/mol. The second-order valence-corrected chi connectivity index (χ2v) is 10.2. The van der Waals surface area contributed by atoms with Gasteiger partial charge in [0.15, 0.2) is 0 Å². The number of amides is 1. The number of hydrogen-bond acceptors (Lipinski definition) is 6. The van der Waals surface area contributed by atoms with E-state index < -0.39 is 52.4 Å². The molecule has 1 aliphatic rings. The van der Waals surface area contributed by atoms with Gasteiger partial charge in [-0.25, -0.2) is 27.2 Å². The molecule has 3 heterocycles. The Labute approximate surface area is 208 Å². The van der Waals surface area contributed by atoms with E-state index in [9.17, 15) is 35.2 Å². The number of hydrogen-bond donors (Lipinski definition) is 1. The van der Waals surface area contributed by atoms with Gasteiger partial charge >= 0.3 is 6.18 Å². The number of aryl methyl sites for hydroxylation is 1. The lowest BCUT2D eigenvalue weighted by atomic mass is 10.1. The molecule has 1 saturated heterocycles. The number of carbonyl (C=O) groups excluding carboxylic acids is 1. The summed E-state index contributed by atoms with van der Waals surface area (Å²) in [6.07, 6.45) is -5.51. The SMILES string of the molecule is Cc1nc(CNC(=O)C2CC(F)CN2S(=O)(=O)c2ccc(F)cc2)cc(-c2ccc(C(F)(F)F)nc2)n1. The molecule has 14 heteroatoms. The van der Waals surface area contributed by atoms with Gasteiger partial charge in [-0.1, -0.05) is 0 Å². The van der Waals surface area contributed by atoms with E-state index in [1.165, 1.54) is 12.1 Å². The van der Waals surface area contributed by atoms with Crippen molar-refractivity contribution in [3.63, 3.8) is 0 Å². The van der Waals surface area contributed by atoms with Crippen LogP contribution in [0.1, 0.15) is 23.6 Å². The van der Waals surface area contributed by atoms with Crippen LogP contribution in [0.2, 0.25) is 0 Å². The molecule has 1 N–H and O–H groups in total. The number of sulfonamides is 1. The van der Waals surface area contributed by atoms with Gasteiger partial charge in [0.05, 0.1) is 22.8 Å². The van der Waals surface area contributed by atoms with Crippen LogP contribution in [-0.4, -0.2) is 52.3 Å². The van der Waals surface area contributed by atoms with E-state index in [1.807, 2.05) is 0 Å². The molecular weight excluding hydrogens is 521 g/mol. The van der Waals surface area contributed by atoms with Gasteiger partial charge in [0.2, 0.25) is 15.9 Å². The highest BCUT2D eigenvalue weighted by molar-refractivity contribution is 7.89. The first-order valence-corrected chi connectivity index (χ1v) is 12.4. The molecule has 37 heavy (non-hydrogen) atoms. The molecule has 196 valence electrons. The van der Waals surface area contributed by atoms with E-state index in [0.717, 1.165) is 40.8 Å². The number of carbonyl (C=O) groups is 1. The first kappa shape index (κ1) is 26.5. The van der Waals surface area contributed by atoms with Crippen molar-refractivity contribution in [3.8, 4) is 11.3 Å². The van der Waals surface area contributed by atoms with Crippen molar-refractivity contribution < 1.29 is 35.2 Å². The Hall–Kier alpha value is -3.52. The number of nitrogens with one attached hydrogen (secondary N) is 1. The zero-order valence-electron chi connectivity index (χ0n) is 19.2. The van der Waals surface area contributed by atoms with Gasteiger partial charge in [0.25, 0.3) is 0 Å². The Bertz CT molecular complexity index is 1400. The van der Waals surface area contributed by atoms with Gasteiger partial charge in [0.1, 0.15) is 29.5 Å². The number of halogens is 5. The van der Waals surface area contributed by atoms with E-state index in [-0.39, 0.29) is 29.4 Å². The predicted molar refractivity (Wildman–Crippen MR) is 120 cm³/mol. The lowest BCUT2D eigenvalue weighted by molar-refractivity contribution is -0.141. The zero-order chi connectivity index (χ0) is 27.0. The second-order valence-electron chi connectivity index (χ2n) is 8.32. The fourth-order valence-electron chi connectivity index (χ4n) is 3.88. The van der Waals surface area contributed by atoms with E-state index in [0.29, 0.717) is 11.3 Å². The molecule has 4 rings (SSSR count). The molecular formula is C23H20F5N5O3S. The van der Waals surface area contributed by atoms with Gasteiger partial charge in [-0.05, 0) is 49.4 Å². The summed E-state index contributed by atoms with van der Waals surface area (Å²) in [5.74, 6) is -1.14. The normalized spacial score (nSPS) is 18.6. The molecule has 8 nitrogen and oxygen atoms in total. The van der Waals surface area contributed by atoms with E-state index in [4.69, 9.17) is 0 Å². The maximum Gasteiger partial charge on any atom is 0.433 e. The van der Waals surface area contributed by atoms with Crippen molar-refractivity contribution in [2.24, 2.45) is 0 Å². The average Bonchev–Trinajstić information content (AvgIpc) is 3.25. The average molecular weight is 542 g/mol. The summed E-state index contributed by atoms with van der Waals surface area (Å²) in [4.78, 5) is 24.4. The Kier molecular flexibility index (Phi) is 7.24. The molecule has 0 bridgehead atoms. The first-order chi connectivity index (χ1) is 17.3. The molecule has 2 aromatic heterocycles. The fraction of sp³-hybridized carbons (Fsp3) is 0.304. The molecule has 1 amide bonds. The van der Waals surface area contributed by atoms with Crippen LogP contribution in [0.5, 0.6) is 0 Å². The molecule has 0 aliphatic carbocycles. The van der Waals surface area contributed by atoms with Crippen LogP contribution in [-0.2, 0) is 27.5 Å². The number of alkyl halides is 4. The largest absolute Gasteiger partial charge is 0.433 e. The third-order valence-corrected chi connectivity index (χ3v) is 7.50. The Morgan fingerprint density at radius 2 is 1.84 bits per heavy atom. The maximum atomic E-state index is 14.2. The molecule has 0 spiro atoms. The number of nitrogens with zero attached hydrogens (tertiary/aromatic N) is 4. The second kappa shape index (κ2) is 10.1. The molecule has 2 atom stereocenters. The van der Waals surface area contributed by atoms with Crippen LogP contribution < -0.4 is 5.32 Å². The van der Waals surface area contributed by atoms with Gasteiger partial charge in [-0.3, -0.25) is 9.78 Å². The van der Waals surface area contributed by atoms with Crippen molar-refractivity contribution in [2.75, 3.05) is 6.54 Å². The van der Waals surface area contributed by atoms with E-state index >= 15 is 0 Å². The van der Waals surface area contributed by atoms with Crippen LogP contribution in [0.15, 0.2) is 53.6 Å². The summed E-state index contributed by atoms with van der Waals surface area (Å²) >= 11 is 0. The minimum Gasteiger partial charge on any atom is -0.349 e. The number of benzene rings is 1. The molecule has 0 saturated carbocycles. The molecule has 1 fully saturated rings. The predicted octanol–water partition coefficient (Wildman–Crippen LogP) is 3.42. The summed E-state index contributed by atoms with van der Waals surface area (Å²) in [6, 6.07) is 6.09. The minimum atomic E-state index is -4.59. The Morgan fingerprint density at radius 1 is 1.14 bits per heavy atom. The van der Waals surface area contributed by atoms with Crippen molar-refractivity contribution >= 4 is 15.9 Å². The number of aromatic nitrogens is 3. The van der Waals surface area contributed by atoms with Crippen LogP contribution in [0.4, 0.5) is 22.0 Å². The molecule has 3 aromatic rings. The van der Waals surface area contributed by atoms with E-state index in [2.05, 4.69) is 20.3 Å². The summed E-state index contributed by atoms with van der Waals surface area (Å²) in [5, 5.41) is 2.53. The van der Waals surface area contributed by atoms with Crippen molar-refractivity contribution in [3.05, 3.63) is 71.7 Å². The van der Waals surface area contributed by atoms with Crippen molar-refractivity contribution in [2.45, 2.75) is 43.2 Å². The van der Waals surface area contributed by atoms with Gasteiger partial charge < -0.3 is 5.32 Å². The maximum absolute atomic E-state index is 14.2. The van der Waals surface area contributed by atoms with Gasteiger partial charge in [0, 0.05) is 24.7 Å². The first-order valence-electron chi connectivity index (χ1n) is 10.9. The van der Waals surface area contributed by atoms with Gasteiger partial charge in [-0.2, -0.15) is 17.5 Å². The molecule has 0 radical (unpaired) electrons. The lowest BCUT2D eigenvalue weighted by Gasteiger charge is -2.23. The quantitative estimate of drug-likeness (QED) is 0.480. The van der Waals surface area contributed by atoms with Crippen LogP contribution in [0.3, 0.4) is 0 Å². The van der Waals surface area contributed by atoms with E-state index in [1.54, 1.807) is 6.92 Å². The Balaban J connectivity index is 1.50. The summed E-state index contributed by atoms with van der Waals surface area (Å²) in [5.41, 5.74) is -0.210. The molecule has 1 aliphatic heterocycles.